The number of anilines is 3. The molecule has 9 nitrogen and oxygen atoms in total. The van der Waals surface area contributed by atoms with Gasteiger partial charge in [-0.2, -0.15) is 10.1 Å². The molecule has 0 bridgehead atoms. The first-order valence-electron chi connectivity index (χ1n) is 11.7. The molecule has 2 aromatic rings. The smallest absolute Gasteiger partial charge is 0.410 e. The predicted molar refractivity (Wildman–Crippen MR) is 122 cm³/mol. The van der Waals surface area contributed by atoms with Gasteiger partial charge in [-0.15, -0.1) is 0 Å². The number of rotatable bonds is 5. The Balaban J connectivity index is 1.10. The van der Waals surface area contributed by atoms with Crippen molar-refractivity contribution in [1.82, 2.24) is 25.1 Å². The Morgan fingerprint density at radius 3 is 2.62 bits per heavy atom. The highest BCUT2D eigenvalue weighted by molar-refractivity contribution is 5.69. The molecule has 2 aromatic heterocycles. The van der Waals surface area contributed by atoms with E-state index in [1.54, 1.807) is 6.20 Å². The number of nitrogens with zero attached hydrogens (tertiary/aromatic N) is 4. The number of hydrogen-bond donors (Lipinski definition) is 3. The highest BCUT2D eigenvalue weighted by atomic mass is 16.6. The second-order valence-electron chi connectivity index (χ2n) is 10.6. The summed E-state index contributed by atoms with van der Waals surface area (Å²) in [6.07, 6.45) is 8.35. The van der Waals surface area contributed by atoms with Crippen LogP contribution >= 0.6 is 0 Å². The molecule has 32 heavy (non-hydrogen) atoms. The van der Waals surface area contributed by atoms with Gasteiger partial charge in [-0.25, -0.2) is 9.78 Å². The van der Waals surface area contributed by atoms with E-state index in [2.05, 4.69) is 36.9 Å². The molecule has 2 aliphatic carbocycles. The second kappa shape index (κ2) is 7.94. The van der Waals surface area contributed by atoms with Crippen LogP contribution in [0.2, 0.25) is 0 Å². The summed E-state index contributed by atoms with van der Waals surface area (Å²) in [6.45, 7) is 7.33. The topological polar surface area (TPSA) is 108 Å². The van der Waals surface area contributed by atoms with E-state index < -0.39 is 5.60 Å². The van der Waals surface area contributed by atoms with E-state index in [9.17, 15) is 4.79 Å². The van der Waals surface area contributed by atoms with Crippen LogP contribution in [0.1, 0.15) is 70.9 Å². The zero-order valence-corrected chi connectivity index (χ0v) is 19.1. The number of amides is 1. The van der Waals surface area contributed by atoms with Crippen molar-refractivity contribution in [2.24, 2.45) is 5.41 Å². The number of carbonyl (C=O) groups excluding carboxylic acids is 1. The van der Waals surface area contributed by atoms with E-state index in [-0.39, 0.29) is 11.5 Å². The van der Waals surface area contributed by atoms with E-state index in [1.165, 1.54) is 18.5 Å². The summed E-state index contributed by atoms with van der Waals surface area (Å²) in [5.41, 5.74) is 0.998. The van der Waals surface area contributed by atoms with Gasteiger partial charge in [-0.3, -0.25) is 5.10 Å². The normalized spacial score (nSPS) is 20.7. The minimum atomic E-state index is -0.443. The number of likely N-dealkylation sites (tertiary alicyclic amines) is 1. The average Bonchev–Trinajstić information content (AvgIpc) is 3.45. The van der Waals surface area contributed by atoms with E-state index in [4.69, 9.17) is 4.74 Å². The lowest BCUT2D eigenvalue weighted by molar-refractivity contribution is -0.0496. The highest BCUT2D eigenvalue weighted by Crippen LogP contribution is 2.44. The molecule has 1 saturated heterocycles. The molecule has 172 valence electrons. The quantitative estimate of drug-likeness (QED) is 0.633. The largest absolute Gasteiger partial charge is 0.444 e. The van der Waals surface area contributed by atoms with Crippen molar-refractivity contribution < 1.29 is 9.53 Å². The summed E-state index contributed by atoms with van der Waals surface area (Å²) in [6, 6.07) is 4.26. The lowest BCUT2D eigenvalue weighted by Crippen LogP contribution is -2.60. The van der Waals surface area contributed by atoms with Gasteiger partial charge in [0.2, 0.25) is 5.95 Å². The molecule has 1 spiro atoms. The molecule has 5 rings (SSSR count). The van der Waals surface area contributed by atoms with Crippen molar-refractivity contribution in [3.63, 3.8) is 0 Å². The van der Waals surface area contributed by atoms with E-state index in [0.29, 0.717) is 17.9 Å². The number of nitrogens with one attached hydrogen (secondary N) is 3. The molecule has 3 fully saturated rings. The number of aromatic amines is 1. The van der Waals surface area contributed by atoms with Crippen LogP contribution in [0, 0.1) is 5.41 Å². The number of ether oxygens (including phenoxy) is 1. The molecule has 1 aliphatic heterocycles. The molecule has 0 unspecified atom stereocenters. The minimum absolute atomic E-state index is 0.192. The minimum Gasteiger partial charge on any atom is -0.444 e. The zero-order valence-electron chi connectivity index (χ0n) is 19.1. The Bertz CT molecular complexity index is 963. The fourth-order valence-corrected chi connectivity index (χ4v) is 4.73. The summed E-state index contributed by atoms with van der Waals surface area (Å²) in [5.74, 6) is 2.80. The maximum atomic E-state index is 12.2. The molecule has 3 heterocycles. The summed E-state index contributed by atoms with van der Waals surface area (Å²) >= 11 is 0. The summed E-state index contributed by atoms with van der Waals surface area (Å²) in [5, 5.41) is 14.2. The van der Waals surface area contributed by atoms with Gasteiger partial charge in [0.1, 0.15) is 11.4 Å². The first kappa shape index (κ1) is 21.0. The molecule has 0 atom stereocenters. The van der Waals surface area contributed by atoms with Gasteiger partial charge in [-0.05, 0) is 65.4 Å². The van der Waals surface area contributed by atoms with E-state index in [0.717, 1.165) is 50.4 Å². The summed E-state index contributed by atoms with van der Waals surface area (Å²) in [7, 11) is 0. The van der Waals surface area contributed by atoms with Gasteiger partial charge in [-0.1, -0.05) is 0 Å². The maximum Gasteiger partial charge on any atom is 0.410 e. The molecule has 0 aromatic carbocycles. The van der Waals surface area contributed by atoms with Crippen molar-refractivity contribution in [2.75, 3.05) is 23.7 Å². The van der Waals surface area contributed by atoms with Crippen LogP contribution in [0.4, 0.5) is 22.4 Å². The average molecular weight is 440 g/mol. The van der Waals surface area contributed by atoms with Crippen LogP contribution in [-0.4, -0.2) is 55.9 Å². The molecule has 3 aliphatic rings. The molecule has 1 amide bonds. The molecule has 2 saturated carbocycles. The van der Waals surface area contributed by atoms with Crippen molar-refractivity contribution in [3.05, 3.63) is 24.0 Å². The third-order valence-electron chi connectivity index (χ3n) is 6.61. The number of carbonyl (C=O) groups is 1. The van der Waals surface area contributed by atoms with Crippen LogP contribution < -0.4 is 10.6 Å². The molecule has 3 N–H and O–H groups in total. The first-order valence-corrected chi connectivity index (χ1v) is 11.7. The van der Waals surface area contributed by atoms with E-state index in [1.807, 2.05) is 31.7 Å². The highest BCUT2D eigenvalue weighted by Gasteiger charge is 2.48. The Morgan fingerprint density at radius 1 is 1.19 bits per heavy atom. The Hall–Kier alpha value is -2.84. The van der Waals surface area contributed by atoms with Crippen LogP contribution in [0.3, 0.4) is 0 Å². The van der Waals surface area contributed by atoms with Gasteiger partial charge in [0.15, 0.2) is 5.82 Å². The van der Waals surface area contributed by atoms with Crippen LogP contribution in [0.5, 0.6) is 0 Å². The third-order valence-corrected chi connectivity index (χ3v) is 6.61. The van der Waals surface area contributed by atoms with E-state index >= 15 is 0 Å². The third kappa shape index (κ3) is 4.81. The monoisotopic (exact) mass is 439 g/mol. The number of hydrogen-bond acceptors (Lipinski definition) is 7. The van der Waals surface area contributed by atoms with Crippen LogP contribution in [0.15, 0.2) is 18.3 Å². The summed E-state index contributed by atoms with van der Waals surface area (Å²) in [4.78, 5) is 23.1. The van der Waals surface area contributed by atoms with Crippen molar-refractivity contribution >= 4 is 23.7 Å². The molecular weight excluding hydrogens is 406 g/mol. The lowest BCUT2D eigenvalue weighted by Gasteiger charge is -2.53. The Kier molecular flexibility index (Phi) is 5.22. The van der Waals surface area contributed by atoms with Crippen molar-refractivity contribution in [1.29, 1.82) is 0 Å². The fraction of sp³-hybridized carbons (Fsp3) is 0.652. The maximum absolute atomic E-state index is 12.2. The predicted octanol–water partition coefficient (Wildman–Crippen LogP) is 4.41. The van der Waals surface area contributed by atoms with Gasteiger partial charge in [0, 0.05) is 48.4 Å². The molecular formula is C23H33N7O2. The van der Waals surface area contributed by atoms with Gasteiger partial charge >= 0.3 is 6.09 Å². The number of aromatic nitrogens is 4. The van der Waals surface area contributed by atoms with Gasteiger partial charge in [0.25, 0.3) is 0 Å². The van der Waals surface area contributed by atoms with Gasteiger partial charge < -0.3 is 20.3 Å². The lowest BCUT2D eigenvalue weighted by atomic mass is 9.67. The second-order valence-corrected chi connectivity index (χ2v) is 10.6. The van der Waals surface area contributed by atoms with Crippen LogP contribution in [-0.2, 0) is 4.74 Å². The first-order chi connectivity index (χ1) is 15.3. The Labute approximate surface area is 188 Å². The van der Waals surface area contributed by atoms with Crippen molar-refractivity contribution in [2.45, 2.75) is 76.9 Å². The Morgan fingerprint density at radius 2 is 1.94 bits per heavy atom. The molecule has 9 heteroatoms. The van der Waals surface area contributed by atoms with Crippen LogP contribution in [0.25, 0.3) is 0 Å². The SMILES string of the molecule is CC(C)(C)OC(=O)N1CC2(CCC(Nc3nccc(Nc4cc(C5CC5)[nH]n4)n3)CC2)C1. The van der Waals surface area contributed by atoms with Gasteiger partial charge in [0.05, 0.1) is 0 Å². The molecule has 0 radical (unpaired) electrons. The zero-order chi connectivity index (χ0) is 22.3. The standard InChI is InChI=1S/C23H33N7O2/c1-22(2,3)32-21(31)30-13-23(14-30)9-6-16(7-10-23)25-20-24-11-8-18(27-20)26-19-12-17(28-29-19)15-4-5-15/h8,11-12,15-16H,4-7,9-10,13-14H2,1-3H3,(H3,24,25,26,27,28,29). The van der Waals surface area contributed by atoms with Crippen molar-refractivity contribution in [3.8, 4) is 0 Å². The fourth-order valence-electron chi connectivity index (χ4n) is 4.73. The summed E-state index contributed by atoms with van der Waals surface area (Å²) < 4.78 is 5.49. The number of H-pyrrole nitrogens is 1.